The summed E-state index contributed by atoms with van der Waals surface area (Å²) < 4.78 is 0. The summed E-state index contributed by atoms with van der Waals surface area (Å²) in [5.74, 6) is -0.418. The van der Waals surface area contributed by atoms with E-state index in [2.05, 4.69) is 9.88 Å². The number of rotatable bonds is 5. The highest BCUT2D eigenvalue weighted by Crippen LogP contribution is 2.36. The van der Waals surface area contributed by atoms with Crippen molar-refractivity contribution in [2.24, 2.45) is 11.7 Å². The normalized spacial score (nSPS) is 30.1. The molecule has 1 saturated carbocycles. The molecule has 0 aromatic carbocycles. The molecule has 6 nitrogen and oxygen atoms in total. The largest absolute Gasteiger partial charge is 0.481 e. The second-order valence-corrected chi connectivity index (χ2v) is 7.71. The van der Waals surface area contributed by atoms with Crippen molar-refractivity contribution in [3.8, 4) is 0 Å². The van der Waals surface area contributed by atoms with Crippen molar-refractivity contribution in [3.05, 3.63) is 30.1 Å². The van der Waals surface area contributed by atoms with Gasteiger partial charge in [-0.2, -0.15) is 0 Å². The lowest BCUT2D eigenvalue weighted by atomic mass is 9.78. The van der Waals surface area contributed by atoms with Gasteiger partial charge in [0.1, 0.15) is 0 Å². The highest BCUT2D eigenvalue weighted by Gasteiger charge is 2.38. The molecule has 2 fully saturated rings. The number of aliphatic hydroxyl groups is 1. The number of carbonyl (C=O) groups is 1. The maximum Gasteiger partial charge on any atom is 0.306 e. The van der Waals surface area contributed by atoms with E-state index in [9.17, 15) is 9.90 Å². The van der Waals surface area contributed by atoms with Crippen molar-refractivity contribution in [2.75, 3.05) is 13.1 Å². The molecular weight excluding hydrogens is 318 g/mol. The van der Waals surface area contributed by atoms with E-state index < -0.39 is 11.6 Å². The Kier molecular flexibility index (Phi) is 5.71. The van der Waals surface area contributed by atoms with Crippen LogP contribution in [-0.2, 0) is 4.79 Å². The number of hydrogen-bond donors (Lipinski definition) is 3. The van der Waals surface area contributed by atoms with Crippen LogP contribution >= 0.6 is 0 Å². The lowest BCUT2D eigenvalue weighted by Crippen LogP contribution is -2.48. The van der Waals surface area contributed by atoms with Gasteiger partial charge < -0.3 is 20.8 Å². The summed E-state index contributed by atoms with van der Waals surface area (Å²) >= 11 is 0. The fourth-order valence-corrected chi connectivity index (χ4v) is 4.46. The van der Waals surface area contributed by atoms with E-state index in [0.717, 1.165) is 44.3 Å². The number of hydrogen-bond acceptors (Lipinski definition) is 5. The summed E-state index contributed by atoms with van der Waals surface area (Å²) in [6.45, 7) is 2.07. The Morgan fingerprint density at radius 3 is 2.40 bits per heavy atom. The fraction of sp³-hybridized carbons (Fsp3) is 0.684. The van der Waals surface area contributed by atoms with E-state index in [1.54, 1.807) is 12.4 Å². The van der Waals surface area contributed by atoms with Gasteiger partial charge in [0.05, 0.1) is 12.0 Å². The standard InChI is InChI=1S/C19H29N3O3/c20-18(14-3-9-21-10-4-14)15-5-11-22(12-6-15)16-1-7-19(25,8-2-16)13-17(23)24/h3-4,9-10,15-16,18,25H,1-2,5-8,11-13,20H2,(H,23,24). The summed E-state index contributed by atoms with van der Waals surface area (Å²) in [6.07, 6.45) is 8.55. The molecule has 0 spiro atoms. The first-order valence-electron chi connectivity index (χ1n) is 9.30. The Morgan fingerprint density at radius 2 is 1.84 bits per heavy atom. The van der Waals surface area contributed by atoms with Gasteiger partial charge in [-0.1, -0.05) is 0 Å². The molecule has 1 aliphatic heterocycles. The van der Waals surface area contributed by atoms with Gasteiger partial charge in [-0.05, 0) is 75.2 Å². The van der Waals surface area contributed by atoms with Crippen molar-refractivity contribution < 1.29 is 15.0 Å². The van der Waals surface area contributed by atoms with Crippen LogP contribution in [-0.4, -0.2) is 50.8 Å². The molecule has 3 rings (SSSR count). The number of aliphatic carboxylic acids is 1. The van der Waals surface area contributed by atoms with E-state index in [0.29, 0.717) is 24.8 Å². The first-order chi connectivity index (χ1) is 12.0. The van der Waals surface area contributed by atoms with E-state index in [1.807, 2.05) is 12.1 Å². The molecule has 1 unspecified atom stereocenters. The zero-order valence-electron chi connectivity index (χ0n) is 14.7. The Labute approximate surface area is 149 Å². The van der Waals surface area contributed by atoms with E-state index in [4.69, 9.17) is 10.8 Å². The van der Waals surface area contributed by atoms with Crippen molar-refractivity contribution in [1.82, 2.24) is 9.88 Å². The molecule has 1 aromatic heterocycles. The first-order valence-corrected chi connectivity index (χ1v) is 9.30. The summed E-state index contributed by atoms with van der Waals surface area (Å²) in [7, 11) is 0. The lowest BCUT2D eigenvalue weighted by Gasteiger charge is -2.43. The number of nitrogens with zero attached hydrogens (tertiary/aromatic N) is 2. The summed E-state index contributed by atoms with van der Waals surface area (Å²) in [5, 5.41) is 19.3. The average Bonchev–Trinajstić information content (AvgIpc) is 2.62. The minimum Gasteiger partial charge on any atom is -0.481 e. The molecule has 4 N–H and O–H groups in total. The van der Waals surface area contributed by atoms with Crippen LogP contribution in [0.1, 0.15) is 56.6 Å². The van der Waals surface area contributed by atoms with Crippen molar-refractivity contribution in [1.29, 1.82) is 0 Å². The molecule has 6 heteroatoms. The topological polar surface area (TPSA) is 99.7 Å². The minimum absolute atomic E-state index is 0.0668. The molecule has 0 bridgehead atoms. The van der Waals surface area contributed by atoms with Crippen LogP contribution in [0.2, 0.25) is 0 Å². The lowest BCUT2D eigenvalue weighted by molar-refractivity contribution is -0.144. The number of likely N-dealkylation sites (tertiary alicyclic amines) is 1. The molecular formula is C19H29N3O3. The van der Waals surface area contributed by atoms with Crippen LogP contribution in [0.5, 0.6) is 0 Å². The smallest absolute Gasteiger partial charge is 0.306 e. The predicted octanol–water partition coefficient (Wildman–Crippen LogP) is 1.94. The van der Waals surface area contributed by atoms with E-state index in [1.165, 1.54) is 0 Å². The predicted molar refractivity (Wildman–Crippen MR) is 94.9 cm³/mol. The van der Waals surface area contributed by atoms with Crippen molar-refractivity contribution >= 4 is 5.97 Å². The van der Waals surface area contributed by atoms with Gasteiger partial charge in [-0.15, -0.1) is 0 Å². The number of carboxylic acid groups (broad SMARTS) is 1. The third kappa shape index (κ3) is 4.57. The molecule has 138 valence electrons. The SMILES string of the molecule is NC(c1ccncc1)C1CCN(C2CCC(O)(CC(=O)O)CC2)CC1. The highest BCUT2D eigenvalue weighted by atomic mass is 16.4. The zero-order chi connectivity index (χ0) is 17.9. The fourth-order valence-electron chi connectivity index (χ4n) is 4.46. The van der Waals surface area contributed by atoms with Crippen LogP contribution in [0.3, 0.4) is 0 Å². The molecule has 2 heterocycles. The summed E-state index contributed by atoms with van der Waals surface area (Å²) in [5.41, 5.74) is 6.59. The molecule has 25 heavy (non-hydrogen) atoms. The molecule has 1 aromatic rings. The number of nitrogens with two attached hydrogens (primary N) is 1. The summed E-state index contributed by atoms with van der Waals surface area (Å²) in [6, 6.07) is 4.53. The Bertz CT molecular complexity index is 565. The van der Waals surface area contributed by atoms with Gasteiger partial charge in [-0.25, -0.2) is 0 Å². The van der Waals surface area contributed by atoms with Crippen LogP contribution in [0.25, 0.3) is 0 Å². The van der Waals surface area contributed by atoms with Crippen molar-refractivity contribution in [3.63, 3.8) is 0 Å². The maximum atomic E-state index is 10.9. The molecule has 1 atom stereocenters. The number of aromatic nitrogens is 1. The first kappa shape index (κ1) is 18.3. The van der Waals surface area contributed by atoms with Crippen LogP contribution in [0.15, 0.2) is 24.5 Å². The molecule has 1 aliphatic carbocycles. The molecule has 0 amide bonds. The van der Waals surface area contributed by atoms with Crippen molar-refractivity contribution in [2.45, 2.75) is 62.6 Å². The second-order valence-electron chi connectivity index (χ2n) is 7.71. The van der Waals surface area contributed by atoms with E-state index in [-0.39, 0.29) is 12.5 Å². The number of carboxylic acids is 1. The van der Waals surface area contributed by atoms with Gasteiger partial charge in [0.25, 0.3) is 0 Å². The minimum atomic E-state index is -1.01. The van der Waals surface area contributed by atoms with Crippen LogP contribution < -0.4 is 5.73 Å². The van der Waals surface area contributed by atoms with Gasteiger partial charge >= 0.3 is 5.97 Å². The van der Waals surface area contributed by atoms with E-state index >= 15 is 0 Å². The number of piperidine rings is 1. The molecule has 0 radical (unpaired) electrons. The summed E-state index contributed by atoms with van der Waals surface area (Å²) in [4.78, 5) is 17.5. The van der Waals surface area contributed by atoms with Gasteiger partial charge in [-0.3, -0.25) is 9.78 Å². The van der Waals surface area contributed by atoms with Gasteiger partial charge in [0, 0.05) is 24.5 Å². The quantitative estimate of drug-likeness (QED) is 0.753. The van der Waals surface area contributed by atoms with Gasteiger partial charge in [0.15, 0.2) is 0 Å². The Morgan fingerprint density at radius 1 is 1.24 bits per heavy atom. The Hall–Kier alpha value is -1.50. The monoisotopic (exact) mass is 347 g/mol. The number of pyridine rings is 1. The highest BCUT2D eigenvalue weighted by molar-refractivity contribution is 5.68. The third-order valence-corrected chi connectivity index (χ3v) is 6.06. The Balaban J connectivity index is 1.48. The maximum absolute atomic E-state index is 10.9. The van der Waals surface area contributed by atoms with Gasteiger partial charge in [0.2, 0.25) is 0 Å². The molecule has 2 aliphatic rings. The average molecular weight is 347 g/mol. The van der Waals surface area contributed by atoms with Crippen LogP contribution in [0, 0.1) is 5.92 Å². The second kappa shape index (κ2) is 7.81. The third-order valence-electron chi connectivity index (χ3n) is 6.06. The zero-order valence-corrected chi connectivity index (χ0v) is 14.7. The van der Waals surface area contributed by atoms with Crippen LogP contribution in [0.4, 0.5) is 0 Å². The molecule has 1 saturated heterocycles.